The monoisotopic (exact) mass is 173 g/mol. The molecule has 70 valence electrons. The van der Waals surface area contributed by atoms with Crippen LogP contribution in [0.3, 0.4) is 0 Å². The van der Waals surface area contributed by atoms with Gasteiger partial charge in [-0.05, 0) is 6.42 Å². The number of ether oxygens (including phenoxy) is 2. The fourth-order valence-corrected chi connectivity index (χ4v) is 1.19. The van der Waals surface area contributed by atoms with Gasteiger partial charge in [0.2, 0.25) is 0 Å². The van der Waals surface area contributed by atoms with Crippen LogP contribution >= 0.6 is 0 Å². The summed E-state index contributed by atoms with van der Waals surface area (Å²) >= 11 is 0. The third-order valence-electron chi connectivity index (χ3n) is 1.98. The van der Waals surface area contributed by atoms with Crippen molar-refractivity contribution in [1.29, 1.82) is 0 Å². The van der Waals surface area contributed by atoms with Gasteiger partial charge >= 0.3 is 5.97 Å². The van der Waals surface area contributed by atoms with Crippen LogP contribution in [-0.4, -0.2) is 50.8 Å². The molecular formula is C8H15NO3. The fraction of sp³-hybridized carbons (Fsp3) is 0.875. The smallest absolute Gasteiger partial charge is 0.324 e. The van der Waals surface area contributed by atoms with E-state index >= 15 is 0 Å². The predicted octanol–water partition coefficient (Wildman–Crippen LogP) is -0.120. The Morgan fingerprint density at radius 1 is 1.58 bits per heavy atom. The standard InChI is InChI=1S/C8H15NO3/c1-11-5-3-4-9-6-7(9)8(10)12-2/h7H,3-6H2,1-2H3. The molecule has 1 heterocycles. The molecule has 0 aliphatic carbocycles. The van der Waals surface area contributed by atoms with E-state index in [1.807, 2.05) is 0 Å². The van der Waals surface area contributed by atoms with Crippen molar-refractivity contribution >= 4 is 5.97 Å². The molecule has 0 radical (unpaired) electrons. The number of carbonyl (C=O) groups is 1. The normalized spacial score (nSPS) is 26.8. The third kappa shape index (κ3) is 2.46. The Hall–Kier alpha value is -0.610. The van der Waals surface area contributed by atoms with Crippen LogP contribution in [0.4, 0.5) is 0 Å². The van der Waals surface area contributed by atoms with Crippen molar-refractivity contribution in [3.05, 3.63) is 0 Å². The highest BCUT2D eigenvalue weighted by Gasteiger charge is 2.40. The van der Waals surface area contributed by atoms with E-state index in [1.165, 1.54) is 7.11 Å². The second-order valence-corrected chi connectivity index (χ2v) is 2.88. The largest absolute Gasteiger partial charge is 0.468 e. The van der Waals surface area contributed by atoms with Crippen molar-refractivity contribution in [2.45, 2.75) is 12.5 Å². The van der Waals surface area contributed by atoms with Gasteiger partial charge in [0.1, 0.15) is 6.04 Å². The number of methoxy groups -OCH3 is 2. The third-order valence-corrected chi connectivity index (χ3v) is 1.98. The minimum Gasteiger partial charge on any atom is -0.468 e. The molecule has 12 heavy (non-hydrogen) atoms. The lowest BCUT2D eigenvalue weighted by Crippen LogP contribution is -2.15. The molecule has 0 spiro atoms. The number of carbonyl (C=O) groups excluding carboxylic acids is 1. The van der Waals surface area contributed by atoms with Crippen molar-refractivity contribution in [2.75, 3.05) is 33.9 Å². The highest BCUT2D eigenvalue weighted by atomic mass is 16.5. The van der Waals surface area contributed by atoms with Crippen molar-refractivity contribution in [2.24, 2.45) is 0 Å². The molecule has 0 amide bonds. The molecule has 2 unspecified atom stereocenters. The molecule has 1 aliphatic rings. The van der Waals surface area contributed by atoms with Crippen molar-refractivity contribution in [1.82, 2.24) is 4.90 Å². The number of hydrogen-bond donors (Lipinski definition) is 0. The minimum absolute atomic E-state index is 0.0202. The molecule has 1 aliphatic heterocycles. The van der Waals surface area contributed by atoms with Gasteiger partial charge in [-0.1, -0.05) is 0 Å². The van der Waals surface area contributed by atoms with Crippen molar-refractivity contribution in [3.8, 4) is 0 Å². The zero-order valence-electron chi connectivity index (χ0n) is 7.58. The van der Waals surface area contributed by atoms with Gasteiger partial charge in [0.05, 0.1) is 7.11 Å². The summed E-state index contributed by atoms with van der Waals surface area (Å²) in [7, 11) is 3.11. The summed E-state index contributed by atoms with van der Waals surface area (Å²) in [6, 6.07) is 0.0202. The Labute approximate surface area is 72.4 Å². The molecule has 0 aromatic carbocycles. The lowest BCUT2D eigenvalue weighted by molar-refractivity contribution is -0.140. The Morgan fingerprint density at radius 3 is 2.92 bits per heavy atom. The fourth-order valence-electron chi connectivity index (χ4n) is 1.19. The topological polar surface area (TPSA) is 38.5 Å². The molecule has 1 saturated heterocycles. The van der Waals surface area contributed by atoms with Crippen LogP contribution in [-0.2, 0) is 14.3 Å². The number of esters is 1. The molecule has 0 bridgehead atoms. The SMILES string of the molecule is COCCCN1CC1C(=O)OC. The summed E-state index contributed by atoms with van der Waals surface area (Å²) < 4.78 is 9.50. The molecule has 1 fully saturated rings. The summed E-state index contributed by atoms with van der Waals surface area (Å²) in [4.78, 5) is 13.0. The zero-order chi connectivity index (χ0) is 8.97. The van der Waals surface area contributed by atoms with Gasteiger partial charge in [0, 0.05) is 26.8 Å². The minimum atomic E-state index is -0.118. The average Bonchev–Trinajstić information content (AvgIpc) is 2.83. The number of hydrogen-bond acceptors (Lipinski definition) is 4. The van der Waals surface area contributed by atoms with Gasteiger partial charge in [-0.15, -0.1) is 0 Å². The summed E-state index contributed by atoms with van der Waals surface area (Å²) in [6.07, 6.45) is 0.976. The Bertz CT molecular complexity index is 160. The van der Waals surface area contributed by atoms with Gasteiger partial charge in [-0.2, -0.15) is 0 Å². The number of nitrogens with zero attached hydrogens (tertiary/aromatic N) is 1. The lowest BCUT2D eigenvalue weighted by atomic mass is 10.4. The van der Waals surface area contributed by atoms with E-state index in [-0.39, 0.29) is 12.0 Å². The first kappa shape index (κ1) is 9.48. The first-order valence-corrected chi connectivity index (χ1v) is 4.10. The first-order valence-electron chi connectivity index (χ1n) is 4.10. The molecule has 4 nitrogen and oxygen atoms in total. The second-order valence-electron chi connectivity index (χ2n) is 2.88. The predicted molar refractivity (Wildman–Crippen MR) is 43.9 cm³/mol. The van der Waals surface area contributed by atoms with E-state index in [2.05, 4.69) is 9.64 Å². The van der Waals surface area contributed by atoms with Gasteiger partial charge in [0.15, 0.2) is 0 Å². The summed E-state index contributed by atoms with van der Waals surface area (Å²) in [6.45, 7) is 2.52. The van der Waals surface area contributed by atoms with Gasteiger partial charge in [-0.3, -0.25) is 9.69 Å². The first-order chi connectivity index (χ1) is 5.79. The van der Waals surface area contributed by atoms with Gasteiger partial charge in [-0.25, -0.2) is 0 Å². The van der Waals surface area contributed by atoms with Crippen LogP contribution in [0.5, 0.6) is 0 Å². The van der Waals surface area contributed by atoms with Crippen LogP contribution in [0.25, 0.3) is 0 Å². The second kappa shape index (κ2) is 4.42. The van der Waals surface area contributed by atoms with Crippen LogP contribution in [0.2, 0.25) is 0 Å². The summed E-state index contributed by atoms with van der Waals surface area (Å²) in [5.74, 6) is -0.118. The molecule has 0 aromatic heterocycles. The quantitative estimate of drug-likeness (QED) is 0.330. The summed E-state index contributed by atoms with van der Waals surface area (Å²) in [5, 5.41) is 0. The molecule has 4 heteroatoms. The van der Waals surface area contributed by atoms with E-state index in [0.717, 1.165) is 26.1 Å². The molecular weight excluding hydrogens is 158 g/mol. The Kier molecular flexibility index (Phi) is 3.49. The van der Waals surface area contributed by atoms with E-state index in [4.69, 9.17) is 4.74 Å². The molecule has 0 N–H and O–H groups in total. The molecule has 0 saturated carbocycles. The number of rotatable bonds is 5. The Morgan fingerprint density at radius 2 is 2.33 bits per heavy atom. The van der Waals surface area contributed by atoms with E-state index in [0.29, 0.717) is 0 Å². The highest BCUT2D eigenvalue weighted by Crippen LogP contribution is 2.18. The van der Waals surface area contributed by atoms with Crippen LogP contribution in [0, 0.1) is 0 Å². The van der Waals surface area contributed by atoms with Crippen LogP contribution in [0.1, 0.15) is 6.42 Å². The van der Waals surface area contributed by atoms with E-state index in [9.17, 15) is 4.79 Å². The van der Waals surface area contributed by atoms with Gasteiger partial charge in [0.25, 0.3) is 0 Å². The summed E-state index contributed by atoms with van der Waals surface area (Å²) in [5.41, 5.74) is 0. The van der Waals surface area contributed by atoms with E-state index < -0.39 is 0 Å². The molecule has 2 atom stereocenters. The Balaban J connectivity index is 2.04. The molecule has 0 aromatic rings. The maximum atomic E-state index is 10.9. The van der Waals surface area contributed by atoms with Crippen molar-refractivity contribution < 1.29 is 14.3 Å². The van der Waals surface area contributed by atoms with Crippen LogP contribution < -0.4 is 0 Å². The maximum Gasteiger partial charge on any atom is 0.324 e. The highest BCUT2D eigenvalue weighted by molar-refractivity contribution is 5.78. The lowest BCUT2D eigenvalue weighted by Gasteiger charge is -2.01. The average molecular weight is 173 g/mol. The zero-order valence-corrected chi connectivity index (χ0v) is 7.58. The van der Waals surface area contributed by atoms with Gasteiger partial charge < -0.3 is 9.47 Å². The molecule has 1 rings (SSSR count). The van der Waals surface area contributed by atoms with Crippen LogP contribution in [0.15, 0.2) is 0 Å². The maximum absolute atomic E-state index is 10.9. The van der Waals surface area contributed by atoms with E-state index in [1.54, 1.807) is 7.11 Å². The van der Waals surface area contributed by atoms with Crippen molar-refractivity contribution in [3.63, 3.8) is 0 Å².